The van der Waals surface area contributed by atoms with Crippen LogP contribution in [0.15, 0.2) is 12.1 Å². The Balaban J connectivity index is 3.02. The van der Waals surface area contributed by atoms with E-state index >= 15 is 0 Å². The molecule has 0 saturated heterocycles. The molecule has 0 heterocycles. The molecule has 5 heteroatoms. The van der Waals surface area contributed by atoms with Crippen LogP contribution in [0, 0.1) is 0 Å². The van der Waals surface area contributed by atoms with Gasteiger partial charge in [0, 0.05) is 6.07 Å². The number of benzene rings is 1. The van der Waals surface area contributed by atoms with E-state index in [0.29, 0.717) is 12.4 Å². The van der Waals surface area contributed by atoms with Gasteiger partial charge in [0.05, 0.1) is 29.0 Å². The van der Waals surface area contributed by atoms with Gasteiger partial charge in [0.2, 0.25) is 0 Å². The van der Waals surface area contributed by atoms with Crippen LogP contribution in [0.1, 0.15) is 37.6 Å². The molecule has 0 amide bonds. The SMILES string of the molecule is CCCOC(=O)c1cc(OC(C)C)cc(Cl)c1N. The van der Waals surface area contributed by atoms with E-state index in [-0.39, 0.29) is 22.4 Å². The van der Waals surface area contributed by atoms with E-state index in [1.54, 1.807) is 12.1 Å². The van der Waals surface area contributed by atoms with Gasteiger partial charge in [0.1, 0.15) is 5.75 Å². The van der Waals surface area contributed by atoms with Gasteiger partial charge in [0.25, 0.3) is 0 Å². The van der Waals surface area contributed by atoms with Crippen LogP contribution >= 0.6 is 11.6 Å². The number of nitrogen functional groups attached to an aromatic ring is 1. The first-order valence-electron chi connectivity index (χ1n) is 5.88. The quantitative estimate of drug-likeness (QED) is 0.659. The number of ether oxygens (including phenoxy) is 2. The lowest BCUT2D eigenvalue weighted by Gasteiger charge is -2.13. The molecule has 0 unspecified atom stereocenters. The molecule has 0 atom stereocenters. The van der Waals surface area contributed by atoms with Crippen LogP contribution < -0.4 is 10.5 Å². The minimum atomic E-state index is -0.481. The Labute approximate surface area is 112 Å². The monoisotopic (exact) mass is 271 g/mol. The van der Waals surface area contributed by atoms with E-state index in [4.69, 9.17) is 26.8 Å². The highest BCUT2D eigenvalue weighted by Gasteiger charge is 2.16. The van der Waals surface area contributed by atoms with Crippen molar-refractivity contribution < 1.29 is 14.3 Å². The molecule has 1 rings (SSSR count). The fraction of sp³-hybridized carbons (Fsp3) is 0.462. The molecule has 0 saturated carbocycles. The van der Waals surface area contributed by atoms with E-state index in [9.17, 15) is 4.79 Å². The standard InChI is InChI=1S/C13H18ClNO3/c1-4-5-17-13(16)10-6-9(18-8(2)3)7-11(14)12(10)15/h6-8H,4-5,15H2,1-3H3. The van der Waals surface area contributed by atoms with Gasteiger partial charge in [0.15, 0.2) is 0 Å². The summed E-state index contributed by atoms with van der Waals surface area (Å²) in [5.74, 6) is 0.0260. The predicted molar refractivity (Wildman–Crippen MR) is 72.2 cm³/mol. The first kappa shape index (κ1) is 14.6. The molecule has 18 heavy (non-hydrogen) atoms. The summed E-state index contributed by atoms with van der Waals surface area (Å²) in [5, 5.41) is 0.289. The molecule has 0 bridgehead atoms. The molecule has 0 radical (unpaired) electrons. The Kier molecular flexibility index (Phi) is 5.28. The summed E-state index contributed by atoms with van der Waals surface area (Å²) in [6.07, 6.45) is 0.742. The van der Waals surface area contributed by atoms with Crippen molar-refractivity contribution in [2.24, 2.45) is 0 Å². The van der Waals surface area contributed by atoms with Crippen LogP contribution in [0.4, 0.5) is 5.69 Å². The number of nitrogens with two attached hydrogens (primary N) is 1. The zero-order chi connectivity index (χ0) is 13.7. The summed E-state index contributed by atoms with van der Waals surface area (Å²) in [4.78, 5) is 11.8. The second-order valence-corrected chi connectivity index (χ2v) is 4.58. The van der Waals surface area contributed by atoms with Gasteiger partial charge in [-0.2, -0.15) is 0 Å². The summed E-state index contributed by atoms with van der Waals surface area (Å²) >= 11 is 5.97. The molecule has 0 aromatic heterocycles. The lowest BCUT2D eigenvalue weighted by atomic mass is 10.1. The third-order valence-corrected chi connectivity index (χ3v) is 2.44. The molecular formula is C13H18ClNO3. The maximum absolute atomic E-state index is 11.8. The predicted octanol–water partition coefficient (Wildman–Crippen LogP) is 3.28. The summed E-state index contributed by atoms with van der Waals surface area (Å²) in [7, 11) is 0. The second kappa shape index (κ2) is 6.50. The molecule has 100 valence electrons. The van der Waals surface area contributed by atoms with Crippen molar-refractivity contribution in [1.29, 1.82) is 0 Å². The Morgan fingerprint density at radius 2 is 2.11 bits per heavy atom. The fourth-order valence-electron chi connectivity index (χ4n) is 1.37. The topological polar surface area (TPSA) is 61.5 Å². The summed E-state index contributed by atoms with van der Waals surface area (Å²) in [6, 6.07) is 3.15. The largest absolute Gasteiger partial charge is 0.491 e. The van der Waals surface area contributed by atoms with Crippen molar-refractivity contribution in [1.82, 2.24) is 0 Å². The number of carbonyl (C=O) groups is 1. The average molecular weight is 272 g/mol. The molecule has 0 aliphatic rings. The van der Waals surface area contributed by atoms with Gasteiger partial charge in [-0.15, -0.1) is 0 Å². The van der Waals surface area contributed by atoms with Crippen LogP contribution in [-0.4, -0.2) is 18.7 Å². The Morgan fingerprint density at radius 3 is 2.67 bits per heavy atom. The first-order valence-corrected chi connectivity index (χ1v) is 6.26. The zero-order valence-electron chi connectivity index (χ0n) is 10.8. The van der Waals surface area contributed by atoms with Crippen molar-refractivity contribution in [3.05, 3.63) is 22.7 Å². The number of hydrogen-bond donors (Lipinski definition) is 1. The average Bonchev–Trinajstić information content (AvgIpc) is 2.29. The van der Waals surface area contributed by atoms with Crippen LogP contribution in [0.2, 0.25) is 5.02 Å². The molecule has 4 nitrogen and oxygen atoms in total. The number of esters is 1. The third-order valence-electron chi connectivity index (χ3n) is 2.13. The van der Waals surface area contributed by atoms with E-state index in [1.165, 1.54) is 0 Å². The van der Waals surface area contributed by atoms with Gasteiger partial charge in [-0.25, -0.2) is 4.79 Å². The Hall–Kier alpha value is -1.42. The van der Waals surface area contributed by atoms with Crippen LogP contribution in [-0.2, 0) is 4.74 Å². The number of carbonyl (C=O) groups excluding carboxylic acids is 1. The zero-order valence-corrected chi connectivity index (χ0v) is 11.6. The van der Waals surface area contributed by atoms with Crippen molar-refractivity contribution in [3.8, 4) is 5.75 Å². The fourth-order valence-corrected chi connectivity index (χ4v) is 1.58. The van der Waals surface area contributed by atoms with Gasteiger partial charge in [-0.1, -0.05) is 18.5 Å². The number of anilines is 1. The maximum Gasteiger partial charge on any atom is 0.340 e. The number of hydrogen-bond acceptors (Lipinski definition) is 4. The normalized spacial score (nSPS) is 10.5. The molecule has 0 aliphatic heterocycles. The summed E-state index contributed by atoms with van der Waals surface area (Å²) in [6.45, 7) is 6.05. The Morgan fingerprint density at radius 1 is 1.44 bits per heavy atom. The molecule has 1 aromatic carbocycles. The summed E-state index contributed by atoms with van der Waals surface area (Å²) in [5.41, 5.74) is 6.23. The maximum atomic E-state index is 11.8. The summed E-state index contributed by atoms with van der Waals surface area (Å²) < 4.78 is 10.5. The van der Waals surface area contributed by atoms with Crippen molar-refractivity contribution >= 4 is 23.3 Å². The molecule has 0 aliphatic carbocycles. The highest BCUT2D eigenvalue weighted by atomic mass is 35.5. The Bertz CT molecular complexity index is 432. The number of halogens is 1. The highest BCUT2D eigenvalue weighted by Crippen LogP contribution is 2.30. The first-order chi connectivity index (χ1) is 8.45. The van der Waals surface area contributed by atoms with Crippen molar-refractivity contribution in [3.63, 3.8) is 0 Å². The highest BCUT2D eigenvalue weighted by molar-refractivity contribution is 6.34. The van der Waals surface area contributed by atoms with E-state index in [2.05, 4.69) is 0 Å². The third kappa shape index (κ3) is 3.81. The van der Waals surface area contributed by atoms with Crippen molar-refractivity contribution in [2.75, 3.05) is 12.3 Å². The van der Waals surface area contributed by atoms with Gasteiger partial charge >= 0.3 is 5.97 Å². The molecule has 0 spiro atoms. The van der Waals surface area contributed by atoms with Gasteiger partial charge in [-0.3, -0.25) is 0 Å². The van der Waals surface area contributed by atoms with Crippen LogP contribution in [0.3, 0.4) is 0 Å². The minimum Gasteiger partial charge on any atom is -0.491 e. The molecule has 1 aromatic rings. The van der Waals surface area contributed by atoms with Crippen LogP contribution in [0.5, 0.6) is 5.75 Å². The van der Waals surface area contributed by atoms with E-state index in [0.717, 1.165) is 6.42 Å². The van der Waals surface area contributed by atoms with Crippen LogP contribution in [0.25, 0.3) is 0 Å². The minimum absolute atomic E-state index is 0.01000. The van der Waals surface area contributed by atoms with Gasteiger partial charge in [-0.05, 0) is 26.3 Å². The number of rotatable bonds is 5. The molecular weight excluding hydrogens is 254 g/mol. The second-order valence-electron chi connectivity index (χ2n) is 4.17. The molecule has 0 fully saturated rings. The van der Waals surface area contributed by atoms with E-state index < -0.39 is 5.97 Å². The molecule has 2 N–H and O–H groups in total. The lowest BCUT2D eigenvalue weighted by molar-refractivity contribution is 0.0505. The smallest absolute Gasteiger partial charge is 0.340 e. The lowest BCUT2D eigenvalue weighted by Crippen LogP contribution is -2.11. The van der Waals surface area contributed by atoms with E-state index in [1.807, 2.05) is 20.8 Å². The van der Waals surface area contributed by atoms with Gasteiger partial charge < -0.3 is 15.2 Å². The van der Waals surface area contributed by atoms with Crippen molar-refractivity contribution in [2.45, 2.75) is 33.3 Å².